The number of rotatable bonds is 4. The average molecular weight is 312 g/mol. The van der Waals surface area contributed by atoms with Crippen LogP contribution in [0.1, 0.15) is 44.4 Å². The fraction of sp³-hybridized carbons (Fsp3) is 0.429. The molecule has 0 spiro atoms. The minimum Gasteiger partial charge on any atom is -0.497 e. The Kier molecular flexibility index (Phi) is 4.74. The number of hydrogen-bond acceptors (Lipinski definition) is 2. The van der Waals surface area contributed by atoms with E-state index in [0.717, 1.165) is 17.1 Å². The van der Waals surface area contributed by atoms with Crippen molar-refractivity contribution in [3.8, 4) is 11.5 Å². The summed E-state index contributed by atoms with van der Waals surface area (Å²) in [6, 6.07) is 14.9. The molecule has 0 aliphatic heterocycles. The third-order valence-electron chi connectivity index (χ3n) is 5.14. The first kappa shape index (κ1) is 17.4. The van der Waals surface area contributed by atoms with Gasteiger partial charge in [-0.25, -0.2) is 0 Å². The van der Waals surface area contributed by atoms with Crippen LogP contribution in [0.5, 0.6) is 11.5 Å². The van der Waals surface area contributed by atoms with Gasteiger partial charge in [0.05, 0.1) is 14.2 Å². The third-order valence-corrected chi connectivity index (χ3v) is 5.14. The van der Waals surface area contributed by atoms with Crippen LogP contribution in [-0.4, -0.2) is 14.2 Å². The van der Waals surface area contributed by atoms with Gasteiger partial charge < -0.3 is 9.47 Å². The smallest absolute Gasteiger partial charge is 0.121 e. The van der Waals surface area contributed by atoms with Crippen LogP contribution in [0.4, 0.5) is 0 Å². The Morgan fingerprint density at radius 3 is 1.74 bits per heavy atom. The van der Waals surface area contributed by atoms with Gasteiger partial charge in [0.25, 0.3) is 0 Å². The van der Waals surface area contributed by atoms with Crippen molar-refractivity contribution < 1.29 is 9.47 Å². The van der Waals surface area contributed by atoms with E-state index in [-0.39, 0.29) is 10.8 Å². The molecule has 0 radical (unpaired) electrons. The molecule has 0 saturated carbocycles. The van der Waals surface area contributed by atoms with Crippen LogP contribution in [-0.2, 0) is 5.41 Å². The molecule has 2 rings (SSSR count). The van der Waals surface area contributed by atoms with Gasteiger partial charge in [0.15, 0.2) is 0 Å². The van der Waals surface area contributed by atoms with Crippen LogP contribution >= 0.6 is 0 Å². The molecular formula is C21H28O2. The minimum absolute atomic E-state index is 0.0582. The zero-order valence-corrected chi connectivity index (χ0v) is 15.4. The van der Waals surface area contributed by atoms with Gasteiger partial charge in [-0.15, -0.1) is 0 Å². The molecule has 0 bridgehead atoms. The predicted molar refractivity (Wildman–Crippen MR) is 96.6 cm³/mol. The van der Waals surface area contributed by atoms with Crippen molar-refractivity contribution in [3.63, 3.8) is 0 Å². The third kappa shape index (κ3) is 3.08. The SMILES string of the molecule is COc1ccc(C(C)(c2ccc(OC)c(C)c2)C(C)(C)C)cc1. The quantitative estimate of drug-likeness (QED) is 0.756. The summed E-state index contributed by atoms with van der Waals surface area (Å²) in [5.41, 5.74) is 3.69. The summed E-state index contributed by atoms with van der Waals surface area (Å²) in [5, 5.41) is 0. The maximum atomic E-state index is 5.42. The highest BCUT2D eigenvalue weighted by Crippen LogP contribution is 2.47. The summed E-state index contributed by atoms with van der Waals surface area (Å²) >= 11 is 0. The summed E-state index contributed by atoms with van der Waals surface area (Å²) in [5.74, 6) is 1.82. The van der Waals surface area contributed by atoms with Crippen LogP contribution in [0.25, 0.3) is 0 Å². The van der Waals surface area contributed by atoms with Gasteiger partial charge >= 0.3 is 0 Å². The summed E-state index contributed by atoms with van der Waals surface area (Å²) in [7, 11) is 3.42. The van der Waals surface area contributed by atoms with E-state index < -0.39 is 0 Å². The van der Waals surface area contributed by atoms with Gasteiger partial charge in [-0.2, -0.15) is 0 Å². The van der Waals surface area contributed by atoms with E-state index in [0.29, 0.717) is 0 Å². The second kappa shape index (κ2) is 6.27. The zero-order valence-electron chi connectivity index (χ0n) is 15.4. The molecule has 2 aromatic rings. The lowest BCUT2D eigenvalue weighted by molar-refractivity contribution is 0.248. The summed E-state index contributed by atoms with van der Waals surface area (Å²) in [6.45, 7) is 11.3. The van der Waals surface area contributed by atoms with Gasteiger partial charge in [0.2, 0.25) is 0 Å². The Hall–Kier alpha value is -1.96. The van der Waals surface area contributed by atoms with E-state index in [4.69, 9.17) is 9.47 Å². The highest BCUT2D eigenvalue weighted by atomic mass is 16.5. The highest BCUT2D eigenvalue weighted by Gasteiger charge is 2.40. The fourth-order valence-corrected chi connectivity index (χ4v) is 3.15. The van der Waals surface area contributed by atoms with E-state index in [2.05, 4.69) is 65.0 Å². The van der Waals surface area contributed by atoms with Crippen LogP contribution in [0.2, 0.25) is 0 Å². The Labute approximate surface area is 140 Å². The molecule has 0 aliphatic carbocycles. The molecular weight excluding hydrogens is 284 g/mol. The Morgan fingerprint density at radius 2 is 1.30 bits per heavy atom. The maximum absolute atomic E-state index is 5.42. The summed E-state index contributed by atoms with van der Waals surface area (Å²) < 4.78 is 10.7. The number of ether oxygens (including phenoxy) is 2. The number of hydrogen-bond donors (Lipinski definition) is 0. The molecule has 23 heavy (non-hydrogen) atoms. The standard InChI is InChI=1S/C21H28O2/c1-15-14-17(10-13-19(15)23-7)21(5,20(2,3)4)16-8-11-18(22-6)12-9-16/h8-14H,1-7H3. The van der Waals surface area contributed by atoms with Crippen molar-refractivity contribution in [3.05, 3.63) is 59.2 Å². The minimum atomic E-state index is -0.115. The van der Waals surface area contributed by atoms with E-state index in [1.54, 1.807) is 14.2 Å². The molecule has 2 heteroatoms. The molecule has 2 nitrogen and oxygen atoms in total. The first-order valence-electron chi connectivity index (χ1n) is 8.03. The molecule has 0 heterocycles. The van der Waals surface area contributed by atoms with Crippen molar-refractivity contribution in [2.75, 3.05) is 14.2 Å². The van der Waals surface area contributed by atoms with Gasteiger partial charge in [-0.1, -0.05) is 52.0 Å². The first-order chi connectivity index (χ1) is 10.7. The van der Waals surface area contributed by atoms with Gasteiger partial charge in [0.1, 0.15) is 11.5 Å². The van der Waals surface area contributed by atoms with Gasteiger partial charge in [-0.05, 0) is 47.2 Å². The summed E-state index contributed by atoms with van der Waals surface area (Å²) in [4.78, 5) is 0. The number of aryl methyl sites for hydroxylation is 1. The van der Waals surface area contributed by atoms with Gasteiger partial charge in [0, 0.05) is 5.41 Å². The molecule has 0 fully saturated rings. The van der Waals surface area contributed by atoms with Crippen LogP contribution in [0.3, 0.4) is 0 Å². The molecule has 0 N–H and O–H groups in total. The van der Waals surface area contributed by atoms with Crippen LogP contribution < -0.4 is 9.47 Å². The molecule has 1 unspecified atom stereocenters. The lowest BCUT2D eigenvalue weighted by Gasteiger charge is -2.43. The zero-order chi connectivity index (χ0) is 17.3. The van der Waals surface area contributed by atoms with E-state index in [9.17, 15) is 0 Å². The molecule has 0 amide bonds. The molecule has 2 aromatic carbocycles. The number of benzene rings is 2. The lowest BCUT2D eigenvalue weighted by Crippen LogP contribution is -2.38. The largest absolute Gasteiger partial charge is 0.497 e. The fourth-order valence-electron chi connectivity index (χ4n) is 3.15. The van der Waals surface area contributed by atoms with Crippen LogP contribution in [0.15, 0.2) is 42.5 Å². The van der Waals surface area contributed by atoms with E-state index >= 15 is 0 Å². The van der Waals surface area contributed by atoms with Crippen molar-refractivity contribution in [2.24, 2.45) is 5.41 Å². The Balaban J connectivity index is 2.62. The second-order valence-electron chi connectivity index (χ2n) is 7.29. The highest BCUT2D eigenvalue weighted by molar-refractivity contribution is 5.47. The van der Waals surface area contributed by atoms with Crippen molar-refractivity contribution in [1.29, 1.82) is 0 Å². The van der Waals surface area contributed by atoms with Crippen molar-refractivity contribution in [1.82, 2.24) is 0 Å². The monoisotopic (exact) mass is 312 g/mol. The topological polar surface area (TPSA) is 18.5 Å². The van der Waals surface area contributed by atoms with Crippen molar-refractivity contribution in [2.45, 2.75) is 40.0 Å². The molecule has 1 atom stereocenters. The van der Waals surface area contributed by atoms with Crippen molar-refractivity contribution >= 4 is 0 Å². The molecule has 0 aliphatic rings. The Morgan fingerprint density at radius 1 is 0.739 bits per heavy atom. The predicted octanol–water partition coefficient (Wildman–Crippen LogP) is 5.36. The van der Waals surface area contributed by atoms with Gasteiger partial charge in [-0.3, -0.25) is 0 Å². The normalized spacial score (nSPS) is 14.2. The summed E-state index contributed by atoms with van der Waals surface area (Å²) in [6.07, 6.45) is 0. The Bertz CT molecular complexity index is 665. The van der Waals surface area contributed by atoms with Crippen LogP contribution in [0, 0.1) is 12.3 Å². The maximum Gasteiger partial charge on any atom is 0.121 e. The second-order valence-corrected chi connectivity index (χ2v) is 7.29. The average Bonchev–Trinajstić information content (AvgIpc) is 2.53. The molecule has 0 aromatic heterocycles. The van der Waals surface area contributed by atoms with E-state index in [1.807, 2.05) is 12.1 Å². The number of methoxy groups -OCH3 is 2. The first-order valence-corrected chi connectivity index (χ1v) is 8.03. The molecule has 0 saturated heterocycles. The van der Waals surface area contributed by atoms with E-state index in [1.165, 1.54) is 11.1 Å². The molecule has 124 valence electrons. The lowest BCUT2D eigenvalue weighted by atomic mass is 9.60.